The van der Waals surface area contributed by atoms with E-state index in [0.717, 1.165) is 25.3 Å². The number of benzene rings is 1. The third kappa shape index (κ3) is 3.38. The number of hydrogen-bond donors (Lipinski definition) is 1. The first-order valence-electron chi connectivity index (χ1n) is 8.91. The lowest BCUT2D eigenvalue weighted by Crippen LogP contribution is -2.49. The van der Waals surface area contributed by atoms with Crippen molar-refractivity contribution < 1.29 is 9.13 Å². The van der Waals surface area contributed by atoms with Crippen LogP contribution in [-0.4, -0.2) is 42.2 Å². The van der Waals surface area contributed by atoms with Crippen molar-refractivity contribution in [3.05, 3.63) is 58.8 Å². The highest BCUT2D eigenvalue weighted by Crippen LogP contribution is 2.24. The highest BCUT2D eigenvalue weighted by molar-refractivity contribution is 5.63. The number of piperazine rings is 1. The van der Waals surface area contributed by atoms with Crippen LogP contribution in [0.5, 0.6) is 5.75 Å². The Balaban J connectivity index is 1.73. The fourth-order valence-corrected chi connectivity index (χ4v) is 3.42. The van der Waals surface area contributed by atoms with E-state index in [-0.39, 0.29) is 11.3 Å². The molecule has 27 heavy (non-hydrogen) atoms. The maximum atomic E-state index is 14.0. The number of aromatic nitrogens is 2. The standard InChI is InChI=1S/C20H21FN4O2/c1-13-11-24(8-7-22-13)15-4-6-19-23-17(10-20(26)25(19)12-15)14-3-5-18(27-2)16(21)9-14/h3-6,9-10,12-13,22H,7-8,11H2,1-2H3/t13-/m1/s1. The molecule has 140 valence electrons. The van der Waals surface area contributed by atoms with Gasteiger partial charge in [-0.05, 0) is 37.3 Å². The number of rotatable bonds is 3. The monoisotopic (exact) mass is 368 g/mol. The van der Waals surface area contributed by atoms with Crippen LogP contribution in [0.4, 0.5) is 10.1 Å². The Labute approximate surface area is 156 Å². The van der Waals surface area contributed by atoms with Crippen molar-refractivity contribution in [3.8, 4) is 17.0 Å². The number of nitrogens with one attached hydrogen (secondary N) is 1. The van der Waals surface area contributed by atoms with Gasteiger partial charge in [0, 0.05) is 43.5 Å². The Bertz CT molecular complexity index is 1050. The van der Waals surface area contributed by atoms with Gasteiger partial charge in [0.1, 0.15) is 5.65 Å². The summed E-state index contributed by atoms with van der Waals surface area (Å²) >= 11 is 0. The minimum Gasteiger partial charge on any atom is -0.494 e. The molecule has 3 aromatic rings. The van der Waals surface area contributed by atoms with Crippen LogP contribution in [0.25, 0.3) is 16.9 Å². The quantitative estimate of drug-likeness (QED) is 0.769. The van der Waals surface area contributed by atoms with Gasteiger partial charge in [-0.25, -0.2) is 9.37 Å². The van der Waals surface area contributed by atoms with Gasteiger partial charge in [0.25, 0.3) is 5.56 Å². The maximum absolute atomic E-state index is 14.0. The van der Waals surface area contributed by atoms with Crippen LogP contribution in [0.3, 0.4) is 0 Å². The minimum absolute atomic E-state index is 0.158. The minimum atomic E-state index is -0.486. The summed E-state index contributed by atoms with van der Waals surface area (Å²) in [5.41, 5.74) is 2.29. The number of fused-ring (bicyclic) bond motifs is 1. The molecule has 6 nitrogen and oxygen atoms in total. The normalized spacial score (nSPS) is 17.3. The predicted octanol–water partition coefficient (Wildman–Crippen LogP) is 2.31. The molecule has 0 aliphatic carbocycles. The van der Waals surface area contributed by atoms with Crippen molar-refractivity contribution in [2.24, 2.45) is 0 Å². The van der Waals surface area contributed by atoms with E-state index >= 15 is 0 Å². The second-order valence-electron chi connectivity index (χ2n) is 6.75. The van der Waals surface area contributed by atoms with Gasteiger partial charge in [0.15, 0.2) is 11.6 Å². The van der Waals surface area contributed by atoms with Crippen molar-refractivity contribution in [2.45, 2.75) is 13.0 Å². The molecule has 0 amide bonds. The Hall–Kier alpha value is -2.93. The SMILES string of the molecule is COc1ccc(-c2cc(=O)n3cc(N4CCN[C@H](C)C4)ccc3n2)cc1F. The van der Waals surface area contributed by atoms with E-state index in [2.05, 4.69) is 22.1 Å². The van der Waals surface area contributed by atoms with Crippen molar-refractivity contribution in [3.63, 3.8) is 0 Å². The smallest absolute Gasteiger partial charge is 0.258 e. The summed E-state index contributed by atoms with van der Waals surface area (Å²) in [6.45, 7) is 4.83. The number of ether oxygens (including phenoxy) is 1. The number of pyridine rings is 1. The van der Waals surface area contributed by atoms with Crippen molar-refractivity contribution >= 4 is 11.3 Å². The van der Waals surface area contributed by atoms with Gasteiger partial charge in [-0.2, -0.15) is 0 Å². The van der Waals surface area contributed by atoms with E-state index in [1.54, 1.807) is 6.07 Å². The first-order valence-corrected chi connectivity index (χ1v) is 8.91. The second kappa shape index (κ2) is 7.00. The Kier molecular flexibility index (Phi) is 4.53. The molecule has 0 radical (unpaired) electrons. The summed E-state index contributed by atoms with van der Waals surface area (Å²) in [7, 11) is 1.41. The van der Waals surface area contributed by atoms with E-state index in [9.17, 15) is 9.18 Å². The van der Waals surface area contributed by atoms with E-state index < -0.39 is 5.82 Å². The number of nitrogens with zero attached hydrogens (tertiary/aromatic N) is 3. The highest BCUT2D eigenvalue weighted by Gasteiger charge is 2.17. The number of methoxy groups -OCH3 is 1. The zero-order valence-corrected chi connectivity index (χ0v) is 15.3. The molecule has 3 heterocycles. The lowest BCUT2D eigenvalue weighted by Gasteiger charge is -2.33. The van der Waals surface area contributed by atoms with E-state index in [0.29, 0.717) is 22.9 Å². The largest absolute Gasteiger partial charge is 0.494 e. The van der Waals surface area contributed by atoms with E-state index in [1.165, 1.54) is 29.7 Å². The Morgan fingerprint density at radius 1 is 1.26 bits per heavy atom. The van der Waals surface area contributed by atoms with E-state index in [4.69, 9.17) is 4.74 Å². The van der Waals surface area contributed by atoms with Gasteiger partial charge in [-0.3, -0.25) is 9.20 Å². The highest BCUT2D eigenvalue weighted by atomic mass is 19.1. The van der Waals surface area contributed by atoms with Crippen LogP contribution in [0.1, 0.15) is 6.92 Å². The first kappa shape index (κ1) is 17.5. The molecule has 1 fully saturated rings. The first-order chi connectivity index (χ1) is 13.0. The van der Waals surface area contributed by atoms with E-state index in [1.807, 2.05) is 18.3 Å². The fraction of sp³-hybridized carbons (Fsp3) is 0.300. The molecule has 0 unspecified atom stereocenters. The lowest BCUT2D eigenvalue weighted by atomic mass is 10.1. The molecule has 1 aliphatic heterocycles. The molecule has 1 aromatic carbocycles. The summed E-state index contributed by atoms with van der Waals surface area (Å²) in [6.07, 6.45) is 1.82. The van der Waals surface area contributed by atoms with Crippen molar-refractivity contribution in [2.75, 3.05) is 31.6 Å². The third-order valence-electron chi connectivity index (χ3n) is 4.83. The number of hydrogen-bond acceptors (Lipinski definition) is 5. The van der Waals surface area contributed by atoms with Gasteiger partial charge in [-0.15, -0.1) is 0 Å². The van der Waals surface area contributed by atoms with Gasteiger partial charge in [0.05, 0.1) is 18.5 Å². The van der Waals surface area contributed by atoms with Gasteiger partial charge >= 0.3 is 0 Å². The van der Waals surface area contributed by atoms with Crippen LogP contribution in [-0.2, 0) is 0 Å². The molecular weight excluding hydrogens is 347 g/mol. The lowest BCUT2D eigenvalue weighted by molar-refractivity contribution is 0.386. The van der Waals surface area contributed by atoms with Crippen LogP contribution >= 0.6 is 0 Å². The zero-order chi connectivity index (χ0) is 19.0. The third-order valence-corrected chi connectivity index (χ3v) is 4.83. The van der Waals surface area contributed by atoms with Crippen molar-refractivity contribution in [1.82, 2.24) is 14.7 Å². The molecule has 1 saturated heterocycles. The average molecular weight is 368 g/mol. The van der Waals surface area contributed by atoms with Crippen LogP contribution in [0.15, 0.2) is 47.4 Å². The average Bonchev–Trinajstić information content (AvgIpc) is 2.67. The number of halogens is 1. The van der Waals surface area contributed by atoms with Crippen LogP contribution < -0.4 is 20.5 Å². The second-order valence-corrected chi connectivity index (χ2v) is 6.75. The number of anilines is 1. The molecule has 0 spiro atoms. The topological polar surface area (TPSA) is 58.9 Å². The Morgan fingerprint density at radius 2 is 2.11 bits per heavy atom. The van der Waals surface area contributed by atoms with Crippen LogP contribution in [0.2, 0.25) is 0 Å². The zero-order valence-electron chi connectivity index (χ0n) is 15.3. The van der Waals surface area contributed by atoms with Crippen LogP contribution in [0, 0.1) is 5.82 Å². The van der Waals surface area contributed by atoms with Gasteiger partial charge in [0.2, 0.25) is 0 Å². The summed E-state index contributed by atoms with van der Waals surface area (Å²) in [6, 6.07) is 10.2. The molecule has 4 rings (SSSR count). The molecule has 1 N–H and O–H groups in total. The maximum Gasteiger partial charge on any atom is 0.258 e. The summed E-state index contributed by atoms with van der Waals surface area (Å²) in [4.78, 5) is 19.4. The molecular formula is C20H21FN4O2. The molecule has 1 aliphatic rings. The Morgan fingerprint density at radius 3 is 2.85 bits per heavy atom. The van der Waals surface area contributed by atoms with Crippen molar-refractivity contribution in [1.29, 1.82) is 0 Å². The molecule has 0 saturated carbocycles. The summed E-state index contributed by atoms with van der Waals surface area (Å²) < 4.78 is 20.5. The summed E-state index contributed by atoms with van der Waals surface area (Å²) in [5, 5.41) is 3.41. The van der Waals surface area contributed by atoms with Gasteiger partial charge < -0.3 is 15.0 Å². The van der Waals surface area contributed by atoms with Gasteiger partial charge in [-0.1, -0.05) is 0 Å². The summed E-state index contributed by atoms with van der Waals surface area (Å²) in [5.74, 6) is -0.327. The molecule has 0 bridgehead atoms. The molecule has 7 heteroatoms. The predicted molar refractivity (Wildman–Crippen MR) is 103 cm³/mol. The molecule has 2 aromatic heterocycles. The fourth-order valence-electron chi connectivity index (χ4n) is 3.42. The molecule has 1 atom stereocenters.